The topological polar surface area (TPSA) is 32.3 Å². The molecule has 1 N–H and O–H groups in total. The third kappa shape index (κ3) is 1.03. The number of hydrogen-bond acceptors (Lipinski definition) is 2. The van der Waals surface area contributed by atoms with Crippen molar-refractivity contribution < 1.29 is 4.79 Å². The molecule has 0 aromatic heterocycles. The van der Waals surface area contributed by atoms with Gasteiger partial charge in [0, 0.05) is 31.6 Å². The molecule has 2 rings (SSSR count). The van der Waals surface area contributed by atoms with Gasteiger partial charge < -0.3 is 10.2 Å². The van der Waals surface area contributed by atoms with Crippen LogP contribution in [0.5, 0.6) is 0 Å². The van der Waals surface area contributed by atoms with Crippen molar-refractivity contribution >= 4 is 5.91 Å². The van der Waals surface area contributed by atoms with Crippen LogP contribution in [-0.4, -0.2) is 36.0 Å². The van der Waals surface area contributed by atoms with Crippen molar-refractivity contribution in [3.8, 4) is 0 Å². The lowest BCUT2D eigenvalue weighted by molar-refractivity contribution is -0.132. The molecule has 0 aromatic carbocycles. The molecule has 0 saturated carbocycles. The average molecular weight is 154 g/mol. The van der Waals surface area contributed by atoms with Crippen LogP contribution in [0.4, 0.5) is 0 Å². The summed E-state index contributed by atoms with van der Waals surface area (Å²) < 4.78 is 0. The summed E-state index contributed by atoms with van der Waals surface area (Å²) in [5.41, 5.74) is 0. The summed E-state index contributed by atoms with van der Waals surface area (Å²) in [5, 5.41) is 3.37. The molecular weight excluding hydrogens is 140 g/mol. The van der Waals surface area contributed by atoms with Gasteiger partial charge in [0.05, 0.1) is 0 Å². The highest BCUT2D eigenvalue weighted by Crippen LogP contribution is 2.23. The zero-order valence-electron chi connectivity index (χ0n) is 6.84. The Labute approximate surface area is 66.8 Å². The lowest BCUT2D eigenvalue weighted by Crippen LogP contribution is -2.46. The number of amides is 1. The summed E-state index contributed by atoms with van der Waals surface area (Å²) in [5.74, 6) is 0.319. The first-order valence-corrected chi connectivity index (χ1v) is 4.34. The van der Waals surface area contributed by atoms with Crippen LogP contribution in [0.1, 0.15) is 19.8 Å². The molecule has 2 atom stereocenters. The Hall–Kier alpha value is -0.570. The Morgan fingerprint density at radius 1 is 1.73 bits per heavy atom. The van der Waals surface area contributed by atoms with Gasteiger partial charge in [-0.25, -0.2) is 0 Å². The Morgan fingerprint density at radius 3 is 3.00 bits per heavy atom. The van der Waals surface area contributed by atoms with E-state index in [0.717, 1.165) is 13.1 Å². The van der Waals surface area contributed by atoms with Crippen LogP contribution in [0.2, 0.25) is 0 Å². The van der Waals surface area contributed by atoms with E-state index in [4.69, 9.17) is 0 Å². The van der Waals surface area contributed by atoms with E-state index in [1.54, 1.807) is 0 Å². The first-order valence-electron chi connectivity index (χ1n) is 4.34. The average Bonchev–Trinajstić information content (AvgIpc) is 2.62. The van der Waals surface area contributed by atoms with Gasteiger partial charge in [-0.2, -0.15) is 0 Å². The number of likely N-dealkylation sites (tertiary alicyclic amines) is 1. The van der Waals surface area contributed by atoms with Crippen LogP contribution in [0.15, 0.2) is 0 Å². The van der Waals surface area contributed by atoms with E-state index in [2.05, 4.69) is 5.32 Å². The van der Waals surface area contributed by atoms with Gasteiger partial charge in [0.25, 0.3) is 0 Å². The molecule has 3 nitrogen and oxygen atoms in total. The lowest BCUT2D eigenvalue weighted by atomic mass is 10.2. The fourth-order valence-electron chi connectivity index (χ4n) is 2.07. The standard InChI is InChI=1S/C8H14N2O/c1-2-8(11)10-5-6-3-7(10)4-9-6/h6-7,9H,2-5H2,1H3/t6-,7+/m0/s1. The number of nitrogens with zero attached hydrogens (tertiary/aromatic N) is 1. The first-order chi connectivity index (χ1) is 5.31. The highest BCUT2D eigenvalue weighted by Gasteiger charge is 2.39. The molecule has 3 heteroatoms. The fourth-order valence-corrected chi connectivity index (χ4v) is 2.07. The number of rotatable bonds is 1. The summed E-state index contributed by atoms with van der Waals surface area (Å²) in [4.78, 5) is 13.3. The summed E-state index contributed by atoms with van der Waals surface area (Å²) in [6.07, 6.45) is 1.83. The lowest BCUT2D eigenvalue weighted by Gasteiger charge is -2.26. The second-order valence-electron chi connectivity index (χ2n) is 3.39. The van der Waals surface area contributed by atoms with Crippen molar-refractivity contribution in [1.82, 2.24) is 10.2 Å². The second kappa shape index (κ2) is 2.48. The van der Waals surface area contributed by atoms with Crippen LogP contribution < -0.4 is 5.32 Å². The highest BCUT2D eigenvalue weighted by atomic mass is 16.2. The molecular formula is C8H14N2O. The number of fused-ring (bicyclic) bond motifs is 2. The van der Waals surface area contributed by atoms with E-state index in [1.807, 2.05) is 11.8 Å². The van der Waals surface area contributed by atoms with E-state index in [9.17, 15) is 4.79 Å². The summed E-state index contributed by atoms with van der Waals surface area (Å²) in [6, 6.07) is 1.10. The van der Waals surface area contributed by atoms with Gasteiger partial charge in [-0.1, -0.05) is 6.92 Å². The molecule has 2 heterocycles. The Bertz CT molecular complexity index is 181. The predicted octanol–water partition coefficient (Wildman–Crippen LogP) is -0.0309. The van der Waals surface area contributed by atoms with Crippen LogP contribution in [0.3, 0.4) is 0 Å². The van der Waals surface area contributed by atoms with E-state index in [0.29, 0.717) is 24.4 Å². The normalized spacial score (nSPS) is 34.8. The molecule has 0 aromatic rings. The van der Waals surface area contributed by atoms with Gasteiger partial charge in [0.15, 0.2) is 0 Å². The molecule has 0 radical (unpaired) electrons. The molecule has 0 unspecified atom stereocenters. The summed E-state index contributed by atoms with van der Waals surface area (Å²) in [7, 11) is 0. The minimum absolute atomic E-state index is 0.319. The maximum absolute atomic E-state index is 11.3. The van der Waals surface area contributed by atoms with E-state index in [1.165, 1.54) is 6.42 Å². The molecule has 62 valence electrons. The maximum atomic E-state index is 11.3. The number of carbonyl (C=O) groups excluding carboxylic acids is 1. The molecule has 11 heavy (non-hydrogen) atoms. The predicted molar refractivity (Wildman–Crippen MR) is 42.2 cm³/mol. The van der Waals surface area contributed by atoms with E-state index in [-0.39, 0.29) is 0 Å². The van der Waals surface area contributed by atoms with Crippen molar-refractivity contribution in [3.05, 3.63) is 0 Å². The van der Waals surface area contributed by atoms with Crippen molar-refractivity contribution in [1.29, 1.82) is 0 Å². The van der Waals surface area contributed by atoms with E-state index >= 15 is 0 Å². The first kappa shape index (κ1) is 7.10. The smallest absolute Gasteiger partial charge is 0.222 e. The van der Waals surface area contributed by atoms with Crippen LogP contribution in [0, 0.1) is 0 Å². The van der Waals surface area contributed by atoms with Crippen LogP contribution in [-0.2, 0) is 4.79 Å². The monoisotopic (exact) mass is 154 g/mol. The molecule has 2 saturated heterocycles. The summed E-state index contributed by atoms with van der Waals surface area (Å²) in [6.45, 7) is 3.88. The Kier molecular flexibility index (Phi) is 1.60. The van der Waals surface area contributed by atoms with Crippen LogP contribution >= 0.6 is 0 Å². The number of hydrogen-bond donors (Lipinski definition) is 1. The number of piperazine rings is 1. The molecule has 0 aliphatic carbocycles. The van der Waals surface area contributed by atoms with Gasteiger partial charge in [0.2, 0.25) is 5.91 Å². The molecule has 2 fully saturated rings. The third-order valence-electron chi connectivity index (χ3n) is 2.68. The van der Waals surface area contributed by atoms with Crippen molar-refractivity contribution in [3.63, 3.8) is 0 Å². The molecule has 2 bridgehead atoms. The van der Waals surface area contributed by atoms with E-state index < -0.39 is 0 Å². The molecule has 2 aliphatic heterocycles. The molecule has 0 spiro atoms. The second-order valence-corrected chi connectivity index (χ2v) is 3.39. The number of carbonyl (C=O) groups is 1. The quantitative estimate of drug-likeness (QED) is 0.575. The van der Waals surface area contributed by atoms with Gasteiger partial charge in [-0.3, -0.25) is 4.79 Å². The molecule has 1 amide bonds. The molecule has 2 aliphatic rings. The van der Waals surface area contributed by atoms with Gasteiger partial charge >= 0.3 is 0 Å². The Balaban J connectivity index is 2.02. The SMILES string of the molecule is CCC(=O)N1C[C@@H]2C[C@@H]1CN2. The number of nitrogens with one attached hydrogen (secondary N) is 1. The highest BCUT2D eigenvalue weighted by molar-refractivity contribution is 5.76. The van der Waals surface area contributed by atoms with Crippen molar-refractivity contribution in [2.75, 3.05) is 13.1 Å². The zero-order valence-corrected chi connectivity index (χ0v) is 6.84. The van der Waals surface area contributed by atoms with Crippen molar-refractivity contribution in [2.45, 2.75) is 31.8 Å². The summed E-state index contributed by atoms with van der Waals surface area (Å²) >= 11 is 0. The minimum atomic E-state index is 0.319. The van der Waals surface area contributed by atoms with Gasteiger partial charge in [-0.05, 0) is 6.42 Å². The van der Waals surface area contributed by atoms with Gasteiger partial charge in [0.1, 0.15) is 0 Å². The van der Waals surface area contributed by atoms with Gasteiger partial charge in [-0.15, -0.1) is 0 Å². The van der Waals surface area contributed by atoms with Crippen LogP contribution in [0.25, 0.3) is 0 Å². The largest absolute Gasteiger partial charge is 0.337 e. The van der Waals surface area contributed by atoms with Crippen molar-refractivity contribution in [2.24, 2.45) is 0 Å². The fraction of sp³-hybridized carbons (Fsp3) is 0.875. The Morgan fingerprint density at radius 2 is 2.55 bits per heavy atom. The maximum Gasteiger partial charge on any atom is 0.222 e. The zero-order chi connectivity index (χ0) is 7.84. The third-order valence-corrected chi connectivity index (χ3v) is 2.68. The minimum Gasteiger partial charge on any atom is -0.337 e.